The molecule has 0 unspecified atom stereocenters. The van der Waals surface area contributed by atoms with Crippen molar-refractivity contribution >= 4 is 35.4 Å². The van der Waals surface area contributed by atoms with Gasteiger partial charge in [-0.1, -0.05) is 36.4 Å². The molecule has 2 aromatic carbocycles. The van der Waals surface area contributed by atoms with Gasteiger partial charge in [0.15, 0.2) is 11.5 Å². The van der Waals surface area contributed by atoms with Gasteiger partial charge in [0.2, 0.25) is 23.6 Å². The minimum atomic E-state index is -1.01. The third kappa shape index (κ3) is 12.1. The van der Waals surface area contributed by atoms with Crippen molar-refractivity contribution in [1.29, 1.82) is 0 Å². The van der Waals surface area contributed by atoms with Gasteiger partial charge in [-0.15, -0.1) is 0 Å². The van der Waals surface area contributed by atoms with E-state index in [1.54, 1.807) is 30.0 Å². The summed E-state index contributed by atoms with van der Waals surface area (Å²) in [6.45, 7) is 0.792. The highest BCUT2D eigenvalue weighted by atomic mass is 32.2. The molecule has 43 heavy (non-hydrogen) atoms. The van der Waals surface area contributed by atoms with E-state index in [0.29, 0.717) is 23.5 Å². The fraction of sp³-hybridized carbons (Fsp3) is 0.467. The number of rotatable bonds is 19. The number of hydrogen-bond donors (Lipinski definition) is 6. The molecule has 0 fully saturated rings. The number of thioether (sulfide) groups is 1. The Morgan fingerprint density at radius 2 is 1.65 bits per heavy atom. The first-order valence-corrected chi connectivity index (χ1v) is 15.2. The van der Waals surface area contributed by atoms with Crippen molar-refractivity contribution in [3.63, 3.8) is 0 Å². The Labute approximate surface area is 258 Å². The van der Waals surface area contributed by atoms with Crippen LogP contribution in [-0.2, 0) is 32.0 Å². The summed E-state index contributed by atoms with van der Waals surface area (Å²) in [6.07, 6.45) is 2.85. The van der Waals surface area contributed by atoms with Crippen LogP contribution in [0.2, 0.25) is 1.41 Å². The second kappa shape index (κ2) is 18.7. The molecular formula is C30H43N5O7S. The molecule has 0 aromatic heterocycles. The molecule has 0 radical (unpaired) electrons. The molecule has 0 bridgehead atoms. The number of amides is 4. The Morgan fingerprint density at radius 1 is 0.930 bits per heavy atom. The number of methoxy groups -OCH3 is 2. The molecule has 0 heterocycles. The van der Waals surface area contributed by atoms with Crippen LogP contribution in [0.3, 0.4) is 0 Å². The zero-order valence-electron chi connectivity index (χ0n) is 26.0. The van der Waals surface area contributed by atoms with E-state index in [-0.39, 0.29) is 19.4 Å². The second-order valence-electron chi connectivity index (χ2n) is 9.87. The van der Waals surface area contributed by atoms with Gasteiger partial charge in [-0.3, -0.25) is 19.2 Å². The average Bonchev–Trinajstić information content (AvgIpc) is 3.04. The average molecular weight is 619 g/mol. The van der Waals surface area contributed by atoms with E-state index in [4.69, 9.17) is 10.9 Å². The Balaban J connectivity index is 1.95. The maximum Gasteiger partial charge on any atom is 0.243 e. The molecule has 2 aromatic rings. The molecule has 0 aliphatic rings. The molecule has 0 spiro atoms. The Bertz CT molecular complexity index is 1220. The highest BCUT2D eigenvalue weighted by Gasteiger charge is 2.25. The first-order valence-electron chi connectivity index (χ1n) is 14.3. The van der Waals surface area contributed by atoms with E-state index >= 15 is 0 Å². The van der Waals surface area contributed by atoms with Crippen molar-refractivity contribution in [3.05, 3.63) is 59.7 Å². The normalized spacial score (nSPS) is 13.8. The molecule has 2 rings (SSSR count). The summed E-state index contributed by atoms with van der Waals surface area (Å²) in [5.41, 5.74) is 3.74. The molecule has 4 amide bonds. The van der Waals surface area contributed by atoms with Gasteiger partial charge in [-0.25, -0.2) is 0 Å². The van der Waals surface area contributed by atoms with Gasteiger partial charge in [-0.2, -0.15) is 11.8 Å². The first kappa shape index (κ1) is 33.7. The topological polar surface area (TPSA) is 181 Å². The standard InChI is InChI=1S/C30H43N5O7S/c1-19(33-29(39)23(31)14-21-10-11-25(41-2)26(16-21)42-3)28(38)32-17-27(37)35-24(15-20-8-6-5-7-9-20)30(40)34-22(18-36)12-13-43-4/h5-11,16,19,22-24,36H,12-15,17-18,31H2,1-4H3,(H,32,38)(H,33,39)(H,34,40)(H,35,37)/t19-,22-,23-,24-/m0/s1/i/hD. The molecule has 236 valence electrons. The van der Waals surface area contributed by atoms with Crippen LogP contribution in [0.5, 0.6) is 11.5 Å². The SMILES string of the molecule is [2H]N[C@@H](Cc1ccc(OC)c(OC)c1)C(=O)N[C@@H](C)C(=O)NCC(=O)N[C@@H](Cc1ccccc1)C(=O)N[C@H](CO)CCSC. The lowest BCUT2D eigenvalue weighted by Gasteiger charge is -2.23. The zero-order valence-corrected chi connectivity index (χ0v) is 25.8. The number of carbonyl (C=O) groups is 4. The van der Waals surface area contributed by atoms with Crippen molar-refractivity contribution in [1.82, 2.24) is 21.3 Å². The molecule has 0 aliphatic carbocycles. The van der Waals surface area contributed by atoms with Crippen LogP contribution in [-0.4, -0.2) is 92.3 Å². The highest BCUT2D eigenvalue weighted by molar-refractivity contribution is 7.98. The van der Waals surface area contributed by atoms with Crippen molar-refractivity contribution in [2.45, 2.75) is 50.4 Å². The minimum Gasteiger partial charge on any atom is -0.493 e. The van der Waals surface area contributed by atoms with Crippen LogP contribution in [0, 0.1) is 0 Å². The molecule has 13 heteroatoms. The van der Waals surface area contributed by atoms with Crippen LogP contribution >= 0.6 is 11.8 Å². The lowest BCUT2D eigenvalue weighted by molar-refractivity contribution is -0.131. The predicted octanol–water partition coefficient (Wildman–Crippen LogP) is 0.152. The number of benzene rings is 2. The van der Waals surface area contributed by atoms with E-state index in [0.717, 1.165) is 11.3 Å². The van der Waals surface area contributed by atoms with Crippen molar-refractivity contribution in [3.8, 4) is 11.5 Å². The van der Waals surface area contributed by atoms with Crippen LogP contribution in [0.15, 0.2) is 48.5 Å². The number of hydrogen-bond acceptors (Lipinski definition) is 9. The molecule has 7 N–H and O–H groups in total. The highest BCUT2D eigenvalue weighted by Crippen LogP contribution is 2.27. The lowest BCUT2D eigenvalue weighted by atomic mass is 10.0. The summed E-state index contributed by atoms with van der Waals surface area (Å²) in [7, 11) is 3.00. The maximum absolute atomic E-state index is 13.1. The summed E-state index contributed by atoms with van der Waals surface area (Å²) in [5, 5.41) is 20.1. The van der Waals surface area contributed by atoms with Crippen LogP contribution in [0.4, 0.5) is 0 Å². The van der Waals surface area contributed by atoms with Crippen molar-refractivity contribution in [2.24, 2.45) is 5.73 Å². The maximum atomic E-state index is 13.1. The summed E-state index contributed by atoms with van der Waals surface area (Å²) in [6, 6.07) is 10.9. The van der Waals surface area contributed by atoms with E-state index in [2.05, 4.69) is 27.0 Å². The van der Waals surface area contributed by atoms with Gasteiger partial charge in [0.05, 0.1) is 39.5 Å². The van der Waals surface area contributed by atoms with Crippen LogP contribution in [0.25, 0.3) is 0 Å². The monoisotopic (exact) mass is 618 g/mol. The first-order chi connectivity index (χ1) is 21.1. The van der Waals surface area contributed by atoms with Crippen LogP contribution in [0.1, 0.15) is 24.5 Å². The quantitative estimate of drug-likeness (QED) is 0.128. The molecular weight excluding hydrogens is 574 g/mol. The second-order valence-corrected chi connectivity index (χ2v) is 10.9. The zero-order chi connectivity index (χ0) is 32.5. The number of carbonyl (C=O) groups excluding carboxylic acids is 4. The van der Waals surface area contributed by atoms with E-state index in [1.165, 1.54) is 21.1 Å². The summed E-state index contributed by atoms with van der Waals surface area (Å²) < 4.78 is 18.1. The number of aliphatic hydroxyl groups excluding tert-OH is 1. The van der Waals surface area contributed by atoms with Gasteiger partial charge >= 0.3 is 0 Å². The fourth-order valence-corrected chi connectivity index (χ4v) is 4.63. The van der Waals surface area contributed by atoms with Gasteiger partial charge in [-0.05, 0) is 55.0 Å². The van der Waals surface area contributed by atoms with Gasteiger partial charge < -0.3 is 41.6 Å². The number of ether oxygens (including phenoxy) is 2. The Hall–Kier alpha value is -3.81. The third-order valence-electron chi connectivity index (χ3n) is 6.55. The molecule has 0 saturated heterocycles. The summed E-state index contributed by atoms with van der Waals surface area (Å²) in [4.78, 5) is 51.3. The summed E-state index contributed by atoms with van der Waals surface area (Å²) in [5.74, 6) is -0.498. The van der Waals surface area contributed by atoms with Crippen LogP contribution < -0.4 is 36.5 Å². The molecule has 4 atom stereocenters. The number of aliphatic hydroxyl groups is 1. The lowest BCUT2D eigenvalue weighted by Crippen LogP contribution is -2.54. The van der Waals surface area contributed by atoms with Gasteiger partial charge in [0.25, 0.3) is 0 Å². The number of nitrogens with two attached hydrogens (primary N) is 1. The van der Waals surface area contributed by atoms with Gasteiger partial charge in [0.1, 0.15) is 13.5 Å². The van der Waals surface area contributed by atoms with Gasteiger partial charge in [0, 0.05) is 6.42 Å². The van der Waals surface area contributed by atoms with E-state index < -0.39 is 54.3 Å². The molecule has 0 aliphatic heterocycles. The smallest absolute Gasteiger partial charge is 0.243 e. The van der Waals surface area contributed by atoms with Crippen molar-refractivity contribution < 1.29 is 35.2 Å². The largest absolute Gasteiger partial charge is 0.493 e. The Morgan fingerprint density at radius 3 is 2.28 bits per heavy atom. The molecule has 12 nitrogen and oxygen atoms in total. The minimum absolute atomic E-state index is 0.145. The van der Waals surface area contributed by atoms with E-state index in [1.807, 2.05) is 36.6 Å². The Kier molecular flexibility index (Phi) is 14.6. The third-order valence-corrected chi connectivity index (χ3v) is 7.20. The summed E-state index contributed by atoms with van der Waals surface area (Å²) >= 11 is 1.59. The van der Waals surface area contributed by atoms with E-state index in [9.17, 15) is 24.3 Å². The van der Waals surface area contributed by atoms with Crippen molar-refractivity contribution in [2.75, 3.05) is 39.4 Å². The molecule has 0 saturated carbocycles. The number of nitrogens with one attached hydrogen (secondary N) is 4. The predicted molar refractivity (Wildman–Crippen MR) is 166 cm³/mol. The fourth-order valence-electron chi connectivity index (χ4n) is 4.11.